The van der Waals surface area contributed by atoms with Crippen molar-refractivity contribution in [3.05, 3.63) is 0 Å². The van der Waals surface area contributed by atoms with E-state index in [0.29, 0.717) is 12.0 Å². The second-order valence-electron chi connectivity index (χ2n) is 3.94. The van der Waals surface area contributed by atoms with Crippen molar-refractivity contribution in [3.63, 3.8) is 0 Å². The molecule has 3 rings (SSSR count). The van der Waals surface area contributed by atoms with Crippen LogP contribution in [0, 0.1) is 5.41 Å². The lowest BCUT2D eigenvalue weighted by Crippen LogP contribution is -2.76. The maximum absolute atomic E-state index is 10.3. The molecule has 0 aromatic rings. The van der Waals surface area contributed by atoms with Gasteiger partial charge in [-0.05, 0) is 31.2 Å². The van der Waals surface area contributed by atoms with Crippen LogP contribution in [0.3, 0.4) is 0 Å². The third-order valence-corrected chi connectivity index (χ3v) is 2.95. The van der Waals surface area contributed by atoms with Crippen LogP contribution < -0.4 is 11.1 Å². The zero-order valence-corrected chi connectivity index (χ0v) is 6.26. The third-order valence-electron chi connectivity index (χ3n) is 2.95. The summed E-state index contributed by atoms with van der Waals surface area (Å²) in [5.74, 6) is 0. The van der Waals surface area contributed by atoms with Crippen LogP contribution in [0.25, 0.3) is 0 Å². The first kappa shape index (κ1) is 6.91. The molecule has 0 aromatic heterocycles. The Morgan fingerprint density at radius 3 is 2.45 bits per heavy atom. The summed E-state index contributed by atoms with van der Waals surface area (Å²) in [6, 6.07) is 0. The molecular weight excluding hydrogens is 144 g/mol. The largest absolute Gasteiger partial charge is 0.465 e. The van der Waals surface area contributed by atoms with E-state index >= 15 is 0 Å². The van der Waals surface area contributed by atoms with Crippen LogP contribution in [0.4, 0.5) is 4.79 Å². The first-order chi connectivity index (χ1) is 5.10. The molecule has 0 aliphatic heterocycles. The van der Waals surface area contributed by atoms with Crippen molar-refractivity contribution in [1.82, 2.24) is 5.32 Å². The maximum atomic E-state index is 10.3. The molecule has 4 heteroatoms. The molecule has 0 saturated heterocycles. The lowest BCUT2D eigenvalue weighted by molar-refractivity contribution is -0.140. The summed E-state index contributed by atoms with van der Waals surface area (Å²) in [4.78, 5) is 10.3. The number of hydrogen-bond acceptors (Lipinski definition) is 2. The highest BCUT2D eigenvalue weighted by molar-refractivity contribution is 5.66. The van der Waals surface area contributed by atoms with Crippen LogP contribution in [0.1, 0.15) is 19.3 Å². The van der Waals surface area contributed by atoms with E-state index in [9.17, 15) is 4.79 Å². The van der Waals surface area contributed by atoms with E-state index in [0.717, 1.165) is 19.3 Å². The van der Waals surface area contributed by atoms with Crippen LogP contribution in [-0.2, 0) is 0 Å². The predicted molar refractivity (Wildman–Crippen MR) is 39.2 cm³/mol. The van der Waals surface area contributed by atoms with Crippen LogP contribution in [0.2, 0.25) is 0 Å². The van der Waals surface area contributed by atoms with E-state index < -0.39 is 6.09 Å². The summed E-state index contributed by atoms with van der Waals surface area (Å²) < 4.78 is 0. The fourth-order valence-corrected chi connectivity index (χ4v) is 2.57. The summed E-state index contributed by atoms with van der Waals surface area (Å²) >= 11 is 0. The lowest BCUT2D eigenvalue weighted by atomic mass is 9.39. The van der Waals surface area contributed by atoms with Gasteiger partial charge in [-0.2, -0.15) is 0 Å². The second-order valence-corrected chi connectivity index (χ2v) is 3.94. The van der Waals surface area contributed by atoms with Crippen molar-refractivity contribution in [2.75, 3.05) is 6.54 Å². The predicted octanol–water partition coefficient (Wildman–Crippen LogP) is 0.135. The van der Waals surface area contributed by atoms with Crippen LogP contribution >= 0.6 is 0 Å². The van der Waals surface area contributed by atoms with Gasteiger partial charge in [0, 0.05) is 5.54 Å². The summed E-state index contributed by atoms with van der Waals surface area (Å²) in [6.45, 7) is 0.704. The smallest absolute Gasteiger partial charge is 0.405 e. The molecule has 11 heavy (non-hydrogen) atoms. The molecule has 3 saturated carbocycles. The molecule has 2 bridgehead atoms. The van der Waals surface area contributed by atoms with Crippen LogP contribution in [0.15, 0.2) is 0 Å². The van der Waals surface area contributed by atoms with Crippen molar-refractivity contribution in [3.8, 4) is 0 Å². The average Bonchev–Trinajstić information content (AvgIpc) is 1.74. The van der Waals surface area contributed by atoms with Gasteiger partial charge in [-0.25, -0.2) is 4.79 Å². The van der Waals surface area contributed by atoms with Crippen molar-refractivity contribution < 1.29 is 9.90 Å². The van der Waals surface area contributed by atoms with Crippen LogP contribution in [0.5, 0.6) is 0 Å². The molecule has 0 aromatic carbocycles. The summed E-state index contributed by atoms with van der Waals surface area (Å²) in [5, 5.41) is 11.0. The van der Waals surface area contributed by atoms with Gasteiger partial charge in [-0.1, -0.05) is 0 Å². The van der Waals surface area contributed by atoms with Gasteiger partial charge >= 0.3 is 6.09 Å². The Morgan fingerprint density at radius 1 is 1.55 bits per heavy atom. The first-order valence-electron chi connectivity index (χ1n) is 3.81. The Labute approximate surface area is 64.8 Å². The van der Waals surface area contributed by atoms with E-state index in [-0.39, 0.29) is 5.54 Å². The minimum absolute atomic E-state index is 0.0782. The minimum Gasteiger partial charge on any atom is -0.465 e. The third kappa shape index (κ3) is 0.758. The molecule has 4 N–H and O–H groups in total. The number of nitrogens with one attached hydrogen (secondary N) is 1. The normalized spacial score (nSPS) is 45.5. The van der Waals surface area contributed by atoms with Gasteiger partial charge < -0.3 is 16.2 Å². The van der Waals surface area contributed by atoms with Gasteiger partial charge in [-0.15, -0.1) is 0 Å². The van der Waals surface area contributed by atoms with Gasteiger partial charge in [0.15, 0.2) is 0 Å². The molecule has 0 unspecified atom stereocenters. The van der Waals surface area contributed by atoms with Gasteiger partial charge in [-0.3, -0.25) is 0 Å². The minimum atomic E-state index is -0.907. The highest BCUT2D eigenvalue weighted by atomic mass is 16.4. The maximum Gasteiger partial charge on any atom is 0.405 e. The average molecular weight is 156 g/mol. The molecular formula is C7H12N2O2. The van der Waals surface area contributed by atoms with Crippen molar-refractivity contribution in [2.24, 2.45) is 11.1 Å². The Bertz CT molecular complexity index is 195. The van der Waals surface area contributed by atoms with Gasteiger partial charge in [0.25, 0.3) is 0 Å². The molecule has 3 fully saturated rings. The SMILES string of the molecule is NCC12CC(NC(=O)O)(C1)C2. The number of hydrogen-bond donors (Lipinski definition) is 3. The molecule has 0 heterocycles. The molecule has 0 atom stereocenters. The highest BCUT2D eigenvalue weighted by Gasteiger charge is 2.67. The Kier molecular flexibility index (Phi) is 1.06. The Morgan fingerprint density at radius 2 is 2.09 bits per heavy atom. The first-order valence-corrected chi connectivity index (χ1v) is 3.81. The van der Waals surface area contributed by atoms with Gasteiger partial charge in [0.1, 0.15) is 0 Å². The Balaban J connectivity index is 1.89. The molecule has 0 spiro atoms. The molecule has 3 aliphatic rings. The second kappa shape index (κ2) is 1.69. The molecule has 4 nitrogen and oxygen atoms in total. The van der Waals surface area contributed by atoms with E-state index in [1.165, 1.54) is 0 Å². The molecule has 1 amide bonds. The van der Waals surface area contributed by atoms with Crippen molar-refractivity contribution in [1.29, 1.82) is 0 Å². The number of amides is 1. The lowest BCUT2D eigenvalue weighted by Gasteiger charge is -2.70. The fraction of sp³-hybridized carbons (Fsp3) is 0.857. The summed E-state index contributed by atoms with van der Waals surface area (Å²) in [7, 11) is 0. The molecule has 0 radical (unpaired) electrons. The number of carbonyl (C=O) groups is 1. The number of nitrogens with two attached hydrogens (primary N) is 1. The summed E-state index contributed by atoms with van der Waals surface area (Å²) in [5.41, 5.74) is 5.75. The number of carboxylic acid groups (broad SMARTS) is 1. The number of rotatable bonds is 2. The van der Waals surface area contributed by atoms with Gasteiger partial charge in [0.05, 0.1) is 0 Å². The van der Waals surface area contributed by atoms with Crippen molar-refractivity contribution >= 4 is 6.09 Å². The van der Waals surface area contributed by atoms with Gasteiger partial charge in [0.2, 0.25) is 0 Å². The van der Waals surface area contributed by atoms with E-state index in [2.05, 4.69) is 5.32 Å². The zero-order chi connectivity index (χ0) is 8.11. The van der Waals surface area contributed by atoms with E-state index in [1.54, 1.807) is 0 Å². The monoisotopic (exact) mass is 156 g/mol. The Hall–Kier alpha value is -0.770. The standard InChI is InChI=1S/C7H12N2O2/c8-4-6-1-7(2-6,3-6)9-5(10)11/h9H,1-4,8H2,(H,10,11). The van der Waals surface area contributed by atoms with Crippen molar-refractivity contribution in [2.45, 2.75) is 24.8 Å². The van der Waals surface area contributed by atoms with Crippen LogP contribution in [-0.4, -0.2) is 23.3 Å². The topological polar surface area (TPSA) is 75.3 Å². The molecule has 3 aliphatic carbocycles. The summed E-state index contributed by atoms with van der Waals surface area (Å²) in [6.07, 6.45) is 1.93. The fourth-order valence-electron chi connectivity index (χ4n) is 2.57. The quantitative estimate of drug-likeness (QED) is 0.532. The van der Waals surface area contributed by atoms with E-state index in [4.69, 9.17) is 10.8 Å². The highest BCUT2D eigenvalue weighted by Crippen LogP contribution is 2.66. The molecule has 62 valence electrons. The zero-order valence-electron chi connectivity index (χ0n) is 6.26. The van der Waals surface area contributed by atoms with E-state index in [1.807, 2.05) is 0 Å².